The highest BCUT2D eigenvalue weighted by Gasteiger charge is 2.35. The van der Waals surface area contributed by atoms with Gasteiger partial charge in [-0.05, 0) is 49.1 Å². The van der Waals surface area contributed by atoms with E-state index in [9.17, 15) is 14.4 Å². The van der Waals surface area contributed by atoms with Crippen molar-refractivity contribution >= 4 is 29.1 Å². The van der Waals surface area contributed by atoms with Crippen LogP contribution in [0.15, 0.2) is 48.5 Å². The molecule has 2 aromatic carbocycles. The molecule has 0 spiro atoms. The number of rotatable bonds is 6. The minimum absolute atomic E-state index is 0.0383. The fourth-order valence-electron chi connectivity index (χ4n) is 3.67. The second-order valence-electron chi connectivity index (χ2n) is 7.71. The van der Waals surface area contributed by atoms with Gasteiger partial charge in [0.25, 0.3) is 5.91 Å². The van der Waals surface area contributed by atoms with E-state index in [4.69, 9.17) is 0 Å². The first-order chi connectivity index (χ1) is 14.0. The van der Waals surface area contributed by atoms with E-state index in [0.717, 1.165) is 30.5 Å². The van der Waals surface area contributed by atoms with Crippen LogP contribution in [0, 0.1) is 5.92 Å². The zero-order valence-corrected chi connectivity index (χ0v) is 16.5. The highest BCUT2D eigenvalue weighted by molar-refractivity contribution is 6.04. The number of carbonyl (C=O) groups is 3. The van der Waals surface area contributed by atoms with Gasteiger partial charge in [0, 0.05) is 35.9 Å². The van der Waals surface area contributed by atoms with Crippen LogP contribution in [0.2, 0.25) is 0 Å². The van der Waals surface area contributed by atoms with Crippen LogP contribution < -0.4 is 15.5 Å². The molecule has 1 saturated carbocycles. The van der Waals surface area contributed by atoms with Crippen LogP contribution in [-0.4, -0.2) is 30.3 Å². The lowest BCUT2D eigenvalue weighted by atomic mass is 10.1. The van der Waals surface area contributed by atoms with Gasteiger partial charge in [0.05, 0.1) is 5.92 Å². The van der Waals surface area contributed by atoms with Crippen molar-refractivity contribution in [1.82, 2.24) is 5.32 Å². The number of nitrogens with one attached hydrogen (secondary N) is 2. The Balaban J connectivity index is 1.43. The van der Waals surface area contributed by atoms with E-state index in [1.54, 1.807) is 29.2 Å². The number of para-hydroxylation sites is 1. The average molecular weight is 391 g/mol. The molecule has 4 rings (SSSR count). The van der Waals surface area contributed by atoms with E-state index in [1.165, 1.54) is 0 Å². The lowest BCUT2D eigenvalue weighted by Gasteiger charge is -2.20. The number of aryl methyl sites for hydroxylation is 1. The van der Waals surface area contributed by atoms with Crippen molar-refractivity contribution in [3.05, 3.63) is 59.7 Å². The number of amides is 3. The first-order valence-electron chi connectivity index (χ1n) is 10.1. The fraction of sp³-hybridized carbons (Fsp3) is 0.348. The summed E-state index contributed by atoms with van der Waals surface area (Å²) in [4.78, 5) is 39.3. The molecule has 0 bridgehead atoms. The predicted molar refractivity (Wildman–Crippen MR) is 112 cm³/mol. The molecule has 0 aromatic heterocycles. The summed E-state index contributed by atoms with van der Waals surface area (Å²) in [6.07, 6.45) is 3.06. The second-order valence-corrected chi connectivity index (χ2v) is 7.71. The molecular weight excluding hydrogens is 366 g/mol. The third-order valence-corrected chi connectivity index (χ3v) is 5.46. The molecule has 2 fully saturated rings. The third-order valence-electron chi connectivity index (χ3n) is 5.46. The molecule has 2 aromatic rings. The summed E-state index contributed by atoms with van der Waals surface area (Å²) in [7, 11) is 0. The molecule has 2 aliphatic rings. The number of hydrogen-bond donors (Lipinski definition) is 2. The minimum atomic E-state index is -0.420. The maximum absolute atomic E-state index is 12.8. The number of anilines is 2. The van der Waals surface area contributed by atoms with Crippen LogP contribution in [0.3, 0.4) is 0 Å². The Hall–Kier alpha value is -3.15. The second kappa shape index (κ2) is 8.07. The Labute approximate surface area is 170 Å². The number of nitrogens with zero attached hydrogens (tertiary/aromatic N) is 1. The smallest absolute Gasteiger partial charge is 0.251 e. The van der Waals surface area contributed by atoms with Gasteiger partial charge in [-0.3, -0.25) is 14.4 Å². The van der Waals surface area contributed by atoms with Gasteiger partial charge in [0.1, 0.15) is 0 Å². The van der Waals surface area contributed by atoms with E-state index in [-0.39, 0.29) is 30.2 Å². The molecule has 2 N–H and O–H groups in total. The lowest BCUT2D eigenvalue weighted by molar-refractivity contribution is -0.122. The lowest BCUT2D eigenvalue weighted by Crippen LogP contribution is -2.29. The highest BCUT2D eigenvalue weighted by Crippen LogP contribution is 2.29. The van der Waals surface area contributed by atoms with E-state index in [2.05, 4.69) is 17.6 Å². The van der Waals surface area contributed by atoms with Crippen LogP contribution in [0.1, 0.15) is 42.1 Å². The van der Waals surface area contributed by atoms with Crippen molar-refractivity contribution < 1.29 is 14.4 Å². The molecule has 1 aliphatic carbocycles. The normalized spacial score (nSPS) is 18.6. The molecule has 1 saturated heterocycles. The van der Waals surface area contributed by atoms with Crippen LogP contribution in [0.25, 0.3) is 0 Å². The van der Waals surface area contributed by atoms with E-state index in [1.807, 2.05) is 24.3 Å². The van der Waals surface area contributed by atoms with E-state index in [0.29, 0.717) is 17.8 Å². The maximum Gasteiger partial charge on any atom is 0.251 e. The molecule has 6 heteroatoms. The van der Waals surface area contributed by atoms with Gasteiger partial charge >= 0.3 is 0 Å². The third kappa shape index (κ3) is 4.31. The van der Waals surface area contributed by atoms with Crippen molar-refractivity contribution in [2.45, 2.75) is 38.6 Å². The number of benzene rings is 2. The first-order valence-corrected chi connectivity index (χ1v) is 10.1. The Morgan fingerprint density at radius 1 is 1.10 bits per heavy atom. The monoisotopic (exact) mass is 391 g/mol. The van der Waals surface area contributed by atoms with Gasteiger partial charge < -0.3 is 15.5 Å². The molecule has 1 aliphatic heterocycles. The molecule has 150 valence electrons. The van der Waals surface area contributed by atoms with Gasteiger partial charge in [0.2, 0.25) is 11.8 Å². The average Bonchev–Trinajstić information content (AvgIpc) is 3.46. The summed E-state index contributed by atoms with van der Waals surface area (Å²) in [5, 5.41) is 5.81. The quantitative estimate of drug-likeness (QED) is 0.794. The zero-order chi connectivity index (χ0) is 20.4. The van der Waals surface area contributed by atoms with E-state index >= 15 is 0 Å². The Kier molecular flexibility index (Phi) is 5.34. The Morgan fingerprint density at radius 2 is 1.90 bits per heavy atom. The number of hydrogen-bond acceptors (Lipinski definition) is 3. The summed E-state index contributed by atoms with van der Waals surface area (Å²) in [6, 6.07) is 15.0. The van der Waals surface area contributed by atoms with Crippen molar-refractivity contribution in [2.24, 2.45) is 5.92 Å². The van der Waals surface area contributed by atoms with Crippen LogP contribution in [-0.2, 0) is 16.0 Å². The van der Waals surface area contributed by atoms with Crippen molar-refractivity contribution in [2.75, 3.05) is 16.8 Å². The molecule has 29 heavy (non-hydrogen) atoms. The highest BCUT2D eigenvalue weighted by atomic mass is 16.2. The van der Waals surface area contributed by atoms with Crippen molar-refractivity contribution in [1.29, 1.82) is 0 Å². The first kappa shape index (κ1) is 19.2. The maximum atomic E-state index is 12.8. The Morgan fingerprint density at radius 3 is 2.66 bits per heavy atom. The molecular formula is C23H25N3O3. The van der Waals surface area contributed by atoms with Gasteiger partial charge in [-0.1, -0.05) is 31.2 Å². The molecule has 1 atom stereocenters. The zero-order valence-electron chi connectivity index (χ0n) is 16.5. The van der Waals surface area contributed by atoms with E-state index < -0.39 is 5.92 Å². The van der Waals surface area contributed by atoms with Gasteiger partial charge in [-0.15, -0.1) is 0 Å². The summed E-state index contributed by atoms with van der Waals surface area (Å²) < 4.78 is 0. The molecule has 1 heterocycles. The number of carbonyl (C=O) groups excluding carboxylic acids is 3. The fourth-order valence-corrected chi connectivity index (χ4v) is 3.67. The SMILES string of the molecule is CCc1ccccc1N1C[C@@H](C(=O)Nc2cccc(C(=O)NC3CC3)c2)CC1=O. The molecule has 0 radical (unpaired) electrons. The van der Waals surface area contributed by atoms with Crippen molar-refractivity contribution in [3.8, 4) is 0 Å². The Bertz CT molecular complexity index is 952. The van der Waals surface area contributed by atoms with Crippen LogP contribution >= 0.6 is 0 Å². The summed E-state index contributed by atoms with van der Waals surface area (Å²) in [5.41, 5.74) is 3.07. The molecule has 6 nitrogen and oxygen atoms in total. The van der Waals surface area contributed by atoms with Crippen LogP contribution in [0.4, 0.5) is 11.4 Å². The van der Waals surface area contributed by atoms with Crippen molar-refractivity contribution in [3.63, 3.8) is 0 Å². The summed E-state index contributed by atoms with van der Waals surface area (Å²) in [6.45, 7) is 2.42. The standard InChI is InChI=1S/C23H25N3O3/c1-2-15-6-3-4-9-20(15)26-14-17(13-21(26)27)23(29)25-19-8-5-7-16(12-19)22(28)24-18-10-11-18/h3-9,12,17-18H,2,10-11,13-14H2,1H3,(H,24,28)(H,25,29)/t17-/m0/s1. The van der Waals surface area contributed by atoms with Crippen LogP contribution in [0.5, 0.6) is 0 Å². The molecule has 3 amide bonds. The molecule has 0 unspecified atom stereocenters. The minimum Gasteiger partial charge on any atom is -0.349 e. The van der Waals surface area contributed by atoms with Gasteiger partial charge in [-0.2, -0.15) is 0 Å². The topological polar surface area (TPSA) is 78.5 Å². The largest absolute Gasteiger partial charge is 0.349 e. The summed E-state index contributed by atoms with van der Waals surface area (Å²) in [5.74, 6) is -0.781. The predicted octanol–water partition coefficient (Wildman–Crippen LogP) is 3.13. The van der Waals surface area contributed by atoms with Gasteiger partial charge in [0.15, 0.2) is 0 Å². The summed E-state index contributed by atoms with van der Waals surface area (Å²) >= 11 is 0. The van der Waals surface area contributed by atoms with Gasteiger partial charge in [-0.25, -0.2) is 0 Å².